The second-order valence-corrected chi connectivity index (χ2v) is 6.54. The van der Waals surface area contributed by atoms with Crippen LogP contribution in [0.2, 0.25) is 0 Å². The zero-order valence-corrected chi connectivity index (χ0v) is 13.4. The van der Waals surface area contributed by atoms with Gasteiger partial charge < -0.3 is 5.32 Å². The minimum absolute atomic E-state index is 0.191. The monoisotopic (exact) mass is 328 g/mol. The van der Waals surface area contributed by atoms with Crippen molar-refractivity contribution in [1.29, 1.82) is 0 Å². The van der Waals surface area contributed by atoms with Gasteiger partial charge in [0, 0.05) is 29.1 Å². The maximum atomic E-state index is 13.1. The van der Waals surface area contributed by atoms with Gasteiger partial charge in [-0.2, -0.15) is 0 Å². The van der Waals surface area contributed by atoms with Gasteiger partial charge >= 0.3 is 0 Å². The molecule has 1 aliphatic rings. The predicted molar refractivity (Wildman–Crippen MR) is 80.8 cm³/mol. The van der Waals surface area contributed by atoms with Crippen molar-refractivity contribution in [3.8, 4) is 0 Å². The summed E-state index contributed by atoms with van der Waals surface area (Å²) in [5, 5.41) is 3.41. The SMILES string of the molecule is CNC1(C)CCN(C(C)c2ccc(F)cc2Br)CC1. The van der Waals surface area contributed by atoms with E-state index in [4.69, 9.17) is 0 Å². The van der Waals surface area contributed by atoms with E-state index in [2.05, 4.69) is 40.0 Å². The predicted octanol–water partition coefficient (Wildman–Crippen LogP) is 3.72. The lowest BCUT2D eigenvalue weighted by Crippen LogP contribution is -2.50. The zero-order valence-electron chi connectivity index (χ0n) is 11.8. The first-order valence-electron chi connectivity index (χ1n) is 6.83. The van der Waals surface area contributed by atoms with Gasteiger partial charge in [-0.3, -0.25) is 4.90 Å². The number of rotatable bonds is 3. The molecule has 19 heavy (non-hydrogen) atoms. The Labute approximate surface area is 123 Å². The van der Waals surface area contributed by atoms with Crippen molar-refractivity contribution in [2.45, 2.75) is 38.3 Å². The number of nitrogens with zero attached hydrogens (tertiary/aromatic N) is 1. The highest BCUT2D eigenvalue weighted by molar-refractivity contribution is 9.10. The molecule has 0 aliphatic carbocycles. The quantitative estimate of drug-likeness (QED) is 0.909. The maximum Gasteiger partial charge on any atom is 0.124 e. The molecule has 1 fully saturated rings. The molecule has 4 heteroatoms. The summed E-state index contributed by atoms with van der Waals surface area (Å²) in [4.78, 5) is 2.47. The fourth-order valence-electron chi connectivity index (χ4n) is 2.69. The zero-order chi connectivity index (χ0) is 14.0. The van der Waals surface area contributed by atoms with Crippen molar-refractivity contribution in [2.75, 3.05) is 20.1 Å². The summed E-state index contributed by atoms with van der Waals surface area (Å²) in [6, 6.07) is 5.29. The van der Waals surface area contributed by atoms with Crippen LogP contribution in [0.15, 0.2) is 22.7 Å². The van der Waals surface area contributed by atoms with Crippen molar-refractivity contribution in [3.63, 3.8) is 0 Å². The Morgan fingerprint density at radius 3 is 2.53 bits per heavy atom. The number of likely N-dealkylation sites (tertiary alicyclic amines) is 1. The smallest absolute Gasteiger partial charge is 0.124 e. The van der Waals surface area contributed by atoms with Gasteiger partial charge in [-0.05, 0) is 51.4 Å². The van der Waals surface area contributed by atoms with E-state index in [-0.39, 0.29) is 11.4 Å². The van der Waals surface area contributed by atoms with Gasteiger partial charge in [0.05, 0.1) is 0 Å². The molecule has 1 saturated heterocycles. The molecule has 1 atom stereocenters. The standard InChI is InChI=1S/C15H22BrFN2/c1-11(13-5-4-12(17)10-14(13)16)19-8-6-15(2,18-3)7-9-19/h4-5,10-11,18H,6-9H2,1-3H3. The summed E-state index contributed by atoms with van der Waals surface area (Å²) in [7, 11) is 2.04. The highest BCUT2D eigenvalue weighted by Crippen LogP contribution is 2.32. The van der Waals surface area contributed by atoms with Crippen LogP contribution in [-0.4, -0.2) is 30.6 Å². The molecular formula is C15H22BrFN2. The summed E-state index contributed by atoms with van der Waals surface area (Å²) in [5.74, 6) is -0.191. The first-order chi connectivity index (χ1) is 8.95. The lowest BCUT2D eigenvalue weighted by Gasteiger charge is -2.42. The summed E-state index contributed by atoms with van der Waals surface area (Å²) < 4.78 is 14.0. The van der Waals surface area contributed by atoms with Gasteiger partial charge in [-0.1, -0.05) is 22.0 Å². The third kappa shape index (κ3) is 3.36. The molecule has 0 radical (unpaired) electrons. The Morgan fingerprint density at radius 1 is 1.37 bits per heavy atom. The minimum atomic E-state index is -0.191. The van der Waals surface area contributed by atoms with Crippen LogP contribution >= 0.6 is 15.9 Å². The van der Waals surface area contributed by atoms with Gasteiger partial charge in [-0.15, -0.1) is 0 Å². The number of piperidine rings is 1. The van der Waals surface area contributed by atoms with Gasteiger partial charge in [0.2, 0.25) is 0 Å². The number of halogens is 2. The number of benzene rings is 1. The molecule has 1 N–H and O–H groups in total. The van der Waals surface area contributed by atoms with E-state index in [1.54, 1.807) is 6.07 Å². The Morgan fingerprint density at radius 2 is 2.00 bits per heavy atom. The van der Waals surface area contributed by atoms with Crippen molar-refractivity contribution in [2.24, 2.45) is 0 Å². The normalized spacial score (nSPS) is 21.3. The highest BCUT2D eigenvalue weighted by atomic mass is 79.9. The Bertz CT molecular complexity index is 442. The molecule has 1 aromatic rings. The average molecular weight is 329 g/mol. The van der Waals surface area contributed by atoms with Gasteiger partial charge in [-0.25, -0.2) is 4.39 Å². The minimum Gasteiger partial charge on any atom is -0.314 e. The van der Waals surface area contributed by atoms with E-state index in [9.17, 15) is 4.39 Å². The van der Waals surface area contributed by atoms with Crippen LogP contribution < -0.4 is 5.32 Å². The molecule has 2 rings (SSSR count). The van der Waals surface area contributed by atoms with Crippen LogP contribution in [0.1, 0.15) is 38.3 Å². The van der Waals surface area contributed by atoms with Crippen molar-refractivity contribution >= 4 is 15.9 Å². The topological polar surface area (TPSA) is 15.3 Å². The molecule has 2 nitrogen and oxygen atoms in total. The fraction of sp³-hybridized carbons (Fsp3) is 0.600. The second-order valence-electron chi connectivity index (χ2n) is 5.69. The van der Waals surface area contributed by atoms with E-state index in [1.807, 2.05) is 13.1 Å². The van der Waals surface area contributed by atoms with E-state index in [0.29, 0.717) is 6.04 Å². The molecule has 0 amide bonds. The highest BCUT2D eigenvalue weighted by Gasteiger charge is 2.30. The molecule has 1 unspecified atom stereocenters. The van der Waals surface area contributed by atoms with Crippen LogP contribution in [0.3, 0.4) is 0 Å². The van der Waals surface area contributed by atoms with Crippen molar-refractivity contribution in [1.82, 2.24) is 10.2 Å². The first-order valence-corrected chi connectivity index (χ1v) is 7.62. The molecule has 0 aromatic heterocycles. The maximum absolute atomic E-state index is 13.1. The summed E-state index contributed by atoms with van der Waals surface area (Å²) >= 11 is 3.47. The number of hydrogen-bond acceptors (Lipinski definition) is 2. The molecular weight excluding hydrogens is 307 g/mol. The van der Waals surface area contributed by atoms with Crippen LogP contribution in [0.5, 0.6) is 0 Å². The number of nitrogens with one attached hydrogen (secondary N) is 1. The molecule has 0 spiro atoms. The largest absolute Gasteiger partial charge is 0.314 e. The Hall–Kier alpha value is -0.450. The average Bonchev–Trinajstić information content (AvgIpc) is 2.39. The van der Waals surface area contributed by atoms with Crippen LogP contribution in [0.4, 0.5) is 4.39 Å². The van der Waals surface area contributed by atoms with E-state index < -0.39 is 0 Å². The van der Waals surface area contributed by atoms with Gasteiger partial charge in [0.15, 0.2) is 0 Å². The molecule has 0 saturated carbocycles. The van der Waals surface area contributed by atoms with Crippen molar-refractivity contribution < 1.29 is 4.39 Å². The molecule has 0 bridgehead atoms. The van der Waals surface area contributed by atoms with E-state index in [0.717, 1.165) is 36.0 Å². The Balaban J connectivity index is 2.07. The summed E-state index contributed by atoms with van der Waals surface area (Å²) in [6.45, 7) is 6.62. The van der Waals surface area contributed by atoms with E-state index >= 15 is 0 Å². The second kappa shape index (κ2) is 5.90. The molecule has 106 valence electrons. The van der Waals surface area contributed by atoms with Crippen LogP contribution in [-0.2, 0) is 0 Å². The fourth-order valence-corrected chi connectivity index (χ4v) is 3.37. The van der Waals surface area contributed by atoms with Crippen LogP contribution in [0, 0.1) is 5.82 Å². The lowest BCUT2D eigenvalue weighted by molar-refractivity contribution is 0.117. The lowest BCUT2D eigenvalue weighted by atomic mass is 9.88. The summed E-state index contributed by atoms with van der Waals surface area (Å²) in [6.07, 6.45) is 2.29. The molecule has 1 heterocycles. The van der Waals surface area contributed by atoms with Crippen molar-refractivity contribution in [3.05, 3.63) is 34.1 Å². The molecule has 1 aromatic carbocycles. The third-order valence-corrected chi connectivity index (χ3v) is 5.15. The molecule has 1 aliphatic heterocycles. The number of hydrogen-bond donors (Lipinski definition) is 1. The first kappa shape index (κ1) is 14.9. The Kier molecular flexibility index (Phi) is 4.64. The van der Waals surface area contributed by atoms with Gasteiger partial charge in [0.1, 0.15) is 5.82 Å². The van der Waals surface area contributed by atoms with Crippen LogP contribution in [0.25, 0.3) is 0 Å². The third-order valence-electron chi connectivity index (χ3n) is 4.47. The summed E-state index contributed by atoms with van der Waals surface area (Å²) in [5.41, 5.74) is 1.42. The van der Waals surface area contributed by atoms with Gasteiger partial charge in [0.25, 0.3) is 0 Å². The van der Waals surface area contributed by atoms with E-state index in [1.165, 1.54) is 6.07 Å².